The molecule has 1 saturated carbocycles. The van der Waals surface area contributed by atoms with Gasteiger partial charge in [-0.3, -0.25) is 4.90 Å². The fourth-order valence-electron chi connectivity index (χ4n) is 2.30. The highest BCUT2D eigenvalue weighted by Gasteiger charge is 2.28. The van der Waals surface area contributed by atoms with Gasteiger partial charge in [-0.1, -0.05) is 12.1 Å². The van der Waals surface area contributed by atoms with Crippen LogP contribution in [0.2, 0.25) is 0 Å². The summed E-state index contributed by atoms with van der Waals surface area (Å²) in [5.41, 5.74) is 1.51. The van der Waals surface area contributed by atoms with E-state index in [1.165, 1.54) is 30.2 Å². The summed E-state index contributed by atoms with van der Waals surface area (Å²) in [6.45, 7) is 1.58. The van der Waals surface area contributed by atoms with E-state index in [0.29, 0.717) is 18.2 Å². The molecule has 1 aliphatic carbocycles. The van der Waals surface area contributed by atoms with E-state index in [1.54, 1.807) is 12.1 Å². The van der Waals surface area contributed by atoms with Crippen LogP contribution in [0.15, 0.2) is 29.6 Å². The summed E-state index contributed by atoms with van der Waals surface area (Å²) in [4.78, 5) is 6.78. The van der Waals surface area contributed by atoms with E-state index in [1.807, 2.05) is 11.4 Å². The smallest absolute Gasteiger partial charge is 0.133 e. The summed E-state index contributed by atoms with van der Waals surface area (Å²) in [6.07, 6.45) is 2.40. The van der Waals surface area contributed by atoms with E-state index in [-0.39, 0.29) is 12.4 Å². The van der Waals surface area contributed by atoms with Crippen LogP contribution in [-0.4, -0.2) is 34.2 Å². The van der Waals surface area contributed by atoms with Gasteiger partial charge in [0.2, 0.25) is 0 Å². The zero-order valence-electron chi connectivity index (χ0n) is 11.1. The Hall–Kier alpha value is -1.30. The van der Waals surface area contributed by atoms with Crippen LogP contribution >= 0.6 is 11.3 Å². The van der Waals surface area contributed by atoms with E-state index >= 15 is 0 Å². The van der Waals surface area contributed by atoms with Gasteiger partial charge in [-0.2, -0.15) is 0 Å². The summed E-state index contributed by atoms with van der Waals surface area (Å²) >= 11 is 1.47. The van der Waals surface area contributed by atoms with Gasteiger partial charge in [-0.15, -0.1) is 11.3 Å². The SMILES string of the molecule is OCCN(Cc1csc(-c2ccccc2F)n1)C1CC1. The third-order valence-corrected chi connectivity index (χ3v) is 4.40. The van der Waals surface area contributed by atoms with Crippen molar-refractivity contribution in [2.24, 2.45) is 0 Å². The van der Waals surface area contributed by atoms with Gasteiger partial charge in [0, 0.05) is 30.1 Å². The lowest BCUT2D eigenvalue weighted by Crippen LogP contribution is -2.28. The van der Waals surface area contributed by atoms with Crippen molar-refractivity contribution in [2.45, 2.75) is 25.4 Å². The minimum absolute atomic E-state index is 0.167. The summed E-state index contributed by atoms with van der Waals surface area (Å²) in [7, 11) is 0. The van der Waals surface area contributed by atoms with Gasteiger partial charge >= 0.3 is 0 Å². The van der Waals surface area contributed by atoms with Crippen molar-refractivity contribution in [1.29, 1.82) is 0 Å². The molecule has 0 atom stereocenters. The van der Waals surface area contributed by atoms with Crippen LogP contribution in [0.1, 0.15) is 18.5 Å². The molecule has 1 aliphatic rings. The third-order valence-electron chi connectivity index (χ3n) is 3.47. The van der Waals surface area contributed by atoms with Gasteiger partial charge in [-0.25, -0.2) is 9.37 Å². The highest BCUT2D eigenvalue weighted by Crippen LogP contribution is 2.30. The summed E-state index contributed by atoms with van der Waals surface area (Å²) in [6, 6.07) is 7.30. The first-order valence-corrected chi connectivity index (χ1v) is 7.70. The summed E-state index contributed by atoms with van der Waals surface area (Å²) in [5.74, 6) is -0.234. The van der Waals surface area contributed by atoms with Crippen LogP contribution in [0.3, 0.4) is 0 Å². The van der Waals surface area contributed by atoms with E-state index in [2.05, 4.69) is 9.88 Å². The quantitative estimate of drug-likeness (QED) is 0.889. The maximum atomic E-state index is 13.7. The molecule has 0 unspecified atom stereocenters. The maximum Gasteiger partial charge on any atom is 0.133 e. The molecule has 106 valence electrons. The molecule has 0 saturated heterocycles. The number of thiazole rings is 1. The molecule has 3 nitrogen and oxygen atoms in total. The number of halogens is 1. The second kappa shape index (κ2) is 5.99. The predicted molar refractivity (Wildman–Crippen MR) is 78.0 cm³/mol. The number of benzene rings is 1. The van der Waals surface area contributed by atoms with Crippen LogP contribution in [0.5, 0.6) is 0 Å². The van der Waals surface area contributed by atoms with Gasteiger partial charge in [0.15, 0.2) is 0 Å². The Kier molecular flexibility index (Phi) is 4.10. The van der Waals surface area contributed by atoms with Crippen LogP contribution in [-0.2, 0) is 6.54 Å². The number of hydrogen-bond donors (Lipinski definition) is 1. The Morgan fingerprint density at radius 3 is 2.85 bits per heavy atom. The molecule has 0 radical (unpaired) electrons. The monoisotopic (exact) mass is 292 g/mol. The third kappa shape index (κ3) is 3.06. The molecule has 1 aromatic heterocycles. The molecule has 0 bridgehead atoms. The van der Waals surface area contributed by atoms with Crippen molar-refractivity contribution < 1.29 is 9.50 Å². The Labute approximate surface area is 121 Å². The van der Waals surface area contributed by atoms with E-state index in [0.717, 1.165) is 17.2 Å². The number of aliphatic hydroxyl groups is 1. The molecule has 2 aromatic rings. The Bertz CT molecular complexity index is 583. The van der Waals surface area contributed by atoms with Crippen LogP contribution in [0.25, 0.3) is 10.6 Å². The molecule has 1 fully saturated rings. The number of hydrogen-bond acceptors (Lipinski definition) is 4. The molecular weight excluding hydrogens is 275 g/mol. The van der Waals surface area contributed by atoms with Crippen molar-refractivity contribution in [2.75, 3.05) is 13.2 Å². The summed E-state index contributed by atoms with van der Waals surface area (Å²) in [5, 5.41) is 11.8. The van der Waals surface area contributed by atoms with Gasteiger partial charge in [0.25, 0.3) is 0 Å². The second-order valence-corrected chi connectivity index (χ2v) is 5.91. The highest BCUT2D eigenvalue weighted by atomic mass is 32.1. The molecular formula is C15H17FN2OS. The Morgan fingerprint density at radius 1 is 1.35 bits per heavy atom. The average Bonchev–Trinajstić information content (AvgIpc) is 3.20. The molecule has 3 rings (SSSR count). The fraction of sp³-hybridized carbons (Fsp3) is 0.400. The number of nitrogens with zero attached hydrogens (tertiary/aromatic N) is 2. The number of rotatable bonds is 6. The molecule has 1 aromatic carbocycles. The van der Waals surface area contributed by atoms with E-state index in [4.69, 9.17) is 5.11 Å². The topological polar surface area (TPSA) is 36.4 Å². The van der Waals surface area contributed by atoms with Crippen molar-refractivity contribution in [3.05, 3.63) is 41.2 Å². The minimum Gasteiger partial charge on any atom is -0.395 e. The minimum atomic E-state index is -0.234. The van der Waals surface area contributed by atoms with Gasteiger partial charge in [-0.05, 0) is 25.0 Å². The average molecular weight is 292 g/mol. The molecule has 0 amide bonds. The van der Waals surface area contributed by atoms with Gasteiger partial charge in [0.1, 0.15) is 10.8 Å². The lowest BCUT2D eigenvalue weighted by Gasteiger charge is -2.19. The van der Waals surface area contributed by atoms with E-state index < -0.39 is 0 Å². The molecule has 1 N–H and O–H groups in total. The maximum absolute atomic E-state index is 13.7. The van der Waals surface area contributed by atoms with Crippen LogP contribution in [0, 0.1) is 5.82 Å². The molecule has 0 aliphatic heterocycles. The predicted octanol–water partition coefficient (Wildman–Crippen LogP) is 2.91. The number of aliphatic hydroxyl groups excluding tert-OH is 1. The second-order valence-electron chi connectivity index (χ2n) is 5.05. The Balaban J connectivity index is 1.75. The molecule has 20 heavy (non-hydrogen) atoms. The van der Waals surface area contributed by atoms with Crippen molar-refractivity contribution in [3.63, 3.8) is 0 Å². The van der Waals surface area contributed by atoms with Crippen molar-refractivity contribution in [3.8, 4) is 10.6 Å². The number of aromatic nitrogens is 1. The molecule has 1 heterocycles. The largest absolute Gasteiger partial charge is 0.395 e. The molecule has 0 spiro atoms. The Morgan fingerprint density at radius 2 is 2.15 bits per heavy atom. The van der Waals surface area contributed by atoms with Gasteiger partial charge in [0.05, 0.1) is 12.3 Å². The lowest BCUT2D eigenvalue weighted by atomic mass is 10.2. The fourth-order valence-corrected chi connectivity index (χ4v) is 3.14. The lowest BCUT2D eigenvalue weighted by molar-refractivity contribution is 0.182. The first kappa shape index (κ1) is 13.7. The standard InChI is InChI=1S/C15H17FN2OS/c16-14-4-2-1-3-13(14)15-17-11(10-20-15)9-18(7-8-19)12-5-6-12/h1-4,10,12,19H,5-9H2. The zero-order valence-corrected chi connectivity index (χ0v) is 11.9. The summed E-state index contributed by atoms with van der Waals surface area (Å²) < 4.78 is 13.7. The highest BCUT2D eigenvalue weighted by molar-refractivity contribution is 7.13. The zero-order chi connectivity index (χ0) is 13.9. The normalized spacial score (nSPS) is 14.9. The molecule has 5 heteroatoms. The van der Waals surface area contributed by atoms with Gasteiger partial charge < -0.3 is 5.11 Å². The first-order valence-electron chi connectivity index (χ1n) is 6.82. The van der Waals surface area contributed by atoms with Crippen LogP contribution in [0.4, 0.5) is 4.39 Å². The van der Waals surface area contributed by atoms with Crippen molar-refractivity contribution >= 4 is 11.3 Å². The van der Waals surface area contributed by atoms with Crippen LogP contribution < -0.4 is 0 Å². The van der Waals surface area contributed by atoms with E-state index in [9.17, 15) is 4.39 Å². The first-order chi connectivity index (χ1) is 9.78. The van der Waals surface area contributed by atoms with Crippen molar-refractivity contribution in [1.82, 2.24) is 9.88 Å².